The summed E-state index contributed by atoms with van der Waals surface area (Å²) in [4.78, 5) is 2.12. The molecule has 2 aromatic rings. The summed E-state index contributed by atoms with van der Waals surface area (Å²) in [6.45, 7) is 0.929. The smallest absolute Gasteiger partial charge is 0.309 e. The summed E-state index contributed by atoms with van der Waals surface area (Å²) >= 11 is 0. The van der Waals surface area contributed by atoms with Crippen molar-refractivity contribution >= 4 is 18.6 Å². The molecule has 0 saturated carbocycles. The van der Waals surface area contributed by atoms with Gasteiger partial charge in [-0.1, -0.05) is 18.2 Å². The first-order chi connectivity index (χ1) is 9.51. The molecule has 0 aliphatic heterocycles. The highest BCUT2D eigenvalue weighted by molar-refractivity contribution is 7.52. The van der Waals surface area contributed by atoms with E-state index in [1.807, 2.05) is 44.6 Å². The van der Waals surface area contributed by atoms with Crippen molar-refractivity contribution in [3.8, 4) is 0 Å². The van der Waals surface area contributed by atoms with E-state index in [1.165, 1.54) is 14.2 Å². The Morgan fingerprint density at radius 3 is 2.45 bits per heavy atom. The summed E-state index contributed by atoms with van der Waals surface area (Å²) in [7, 11) is 3.57. The third-order valence-corrected chi connectivity index (χ3v) is 5.11. The molecule has 0 aliphatic carbocycles. The molecule has 0 atom stereocenters. The van der Waals surface area contributed by atoms with Crippen molar-refractivity contribution in [2.45, 2.75) is 6.42 Å². The van der Waals surface area contributed by atoms with Gasteiger partial charge in [-0.2, -0.15) is 0 Å². The van der Waals surface area contributed by atoms with E-state index >= 15 is 0 Å². The third kappa shape index (κ3) is 2.81. The highest BCUT2D eigenvalue weighted by Crippen LogP contribution is 2.50. The molecule has 2 rings (SSSR count). The lowest BCUT2D eigenvalue weighted by Crippen LogP contribution is -2.14. The summed E-state index contributed by atoms with van der Waals surface area (Å²) in [5.41, 5.74) is 2.01. The second-order valence-corrected chi connectivity index (χ2v) is 7.00. The lowest BCUT2D eigenvalue weighted by molar-refractivity contribution is 0.268. The molecule has 0 bridgehead atoms. The monoisotopic (exact) mass is 296 g/mol. The first kappa shape index (κ1) is 15.3. The summed E-state index contributed by atoms with van der Waals surface area (Å²) in [5, 5.41) is 1.09. The van der Waals surface area contributed by atoms with E-state index in [1.54, 1.807) is 4.34 Å². The molecule has 0 aliphatic rings. The lowest BCUT2D eigenvalue weighted by atomic mass is 10.1. The predicted molar refractivity (Wildman–Crippen MR) is 81.2 cm³/mol. The fraction of sp³-hybridized carbons (Fsp3) is 0.429. The van der Waals surface area contributed by atoms with Crippen LogP contribution in [0.25, 0.3) is 10.9 Å². The summed E-state index contributed by atoms with van der Waals surface area (Å²) in [6.07, 6.45) is 2.76. The van der Waals surface area contributed by atoms with Crippen LogP contribution >= 0.6 is 7.75 Å². The van der Waals surface area contributed by atoms with Crippen molar-refractivity contribution in [3.63, 3.8) is 0 Å². The molecule has 110 valence electrons. The fourth-order valence-electron chi connectivity index (χ4n) is 2.23. The van der Waals surface area contributed by atoms with Gasteiger partial charge in [0.15, 0.2) is 0 Å². The number of rotatable bonds is 6. The molecule has 6 heteroatoms. The van der Waals surface area contributed by atoms with Crippen LogP contribution in [-0.2, 0) is 20.0 Å². The van der Waals surface area contributed by atoms with Gasteiger partial charge < -0.3 is 4.90 Å². The minimum absolute atomic E-state index is 0.869. The number of para-hydroxylation sites is 1. The van der Waals surface area contributed by atoms with Crippen molar-refractivity contribution in [2.24, 2.45) is 0 Å². The lowest BCUT2D eigenvalue weighted by Gasteiger charge is -2.15. The second-order valence-electron chi connectivity index (χ2n) is 4.90. The molecular weight excluding hydrogens is 275 g/mol. The highest BCUT2D eigenvalue weighted by Gasteiger charge is 2.26. The largest absolute Gasteiger partial charge is 0.438 e. The number of likely N-dealkylation sites (N-methyl/N-ethyl adjacent to an activating group) is 1. The van der Waals surface area contributed by atoms with E-state index in [2.05, 4.69) is 4.90 Å². The van der Waals surface area contributed by atoms with Gasteiger partial charge in [-0.05, 0) is 32.1 Å². The van der Waals surface area contributed by atoms with Crippen LogP contribution in [0.1, 0.15) is 5.56 Å². The van der Waals surface area contributed by atoms with Crippen LogP contribution in [0, 0.1) is 0 Å². The Hall–Kier alpha value is -1.13. The molecule has 0 spiro atoms. The molecule has 20 heavy (non-hydrogen) atoms. The van der Waals surface area contributed by atoms with Gasteiger partial charge in [-0.15, -0.1) is 0 Å². The molecular formula is C14H21N2O3P. The quantitative estimate of drug-likeness (QED) is 0.769. The fourth-order valence-corrected chi connectivity index (χ4v) is 3.45. The average molecular weight is 296 g/mol. The van der Waals surface area contributed by atoms with Crippen LogP contribution < -0.4 is 0 Å². The number of benzene rings is 1. The first-order valence-corrected chi connectivity index (χ1v) is 7.97. The maximum Gasteiger partial charge on any atom is 0.438 e. The number of hydrogen-bond donors (Lipinski definition) is 0. The Labute approximate surface area is 119 Å². The average Bonchev–Trinajstić information content (AvgIpc) is 2.84. The van der Waals surface area contributed by atoms with Crippen LogP contribution in [0.3, 0.4) is 0 Å². The van der Waals surface area contributed by atoms with Crippen LogP contribution in [0.2, 0.25) is 0 Å². The van der Waals surface area contributed by atoms with Crippen molar-refractivity contribution in [2.75, 3.05) is 34.9 Å². The minimum Gasteiger partial charge on any atom is -0.309 e. The van der Waals surface area contributed by atoms with E-state index in [0.29, 0.717) is 0 Å². The van der Waals surface area contributed by atoms with Crippen molar-refractivity contribution in [1.82, 2.24) is 9.24 Å². The predicted octanol–water partition coefficient (Wildman–Crippen LogP) is 2.99. The topological polar surface area (TPSA) is 43.7 Å². The SMILES string of the molecule is COP(=O)(OC)n1cc(CCN(C)C)c2ccccc21. The number of fused-ring (bicyclic) bond motifs is 1. The number of aromatic nitrogens is 1. The molecule has 0 radical (unpaired) electrons. The molecule has 0 unspecified atom stereocenters. The Morgan fingerprint density at radius 1 is 1.20 bits per heavy atom. The Bertz CT molecular complexity index is 628. The van der Waals surface area contributed by atoms with Crippen LogP contribution in [0.15, 0.2) is 30.5 Å². The molecule has 1 heterocycles. The zero-order valence-corrected chi connectivity index (χ0v) is 13.3. The van der Waals surface area contributed by atoms with Gasteiger partial charge in [-0.25, -0.2) is 4.57 Å². The molecule has 0 fully saturated rings. The minimum atomic E-state index is -3.30. The zero-order valence-electron chi connectivity index (χ0n) is 12.4. The maximum absolute atomic E-state index is 12.6. The Morgan fingerprint density at radius 2 is 1.85 bits per heavy atom. The number of hydrogen-bond acceptors (Lipinski definition) is 4. The van der Waals surface area contributed by atoms with E-state index in [4.69, 9.17) is 9.05 Å². The third-order valence-electron chi connectivity index (χ3n) is 3.33. The maximum atomic E-state index is 12.6. The van der Waals surface area contributed by atoms with E-state index in [0.717, 1.165) is 29.4 Å². The second kappa shape index (κ2) is 6.10. The van der Waals surface area contributed by atoms with Gasteiger partial charge in [0.25, 0.3) is 0 Å². The highest BCUT2D eigenvalue weighted by atomic mass is 31.2. The van der Waals surface area contributed by atoms with Gasteiger partial charge in [0, 0.05) is 32.3 Å². The molecule has 5 nitrogen and oxygen atoms in total. The van der Waals surface area contributed by atoms with E-state index in [9.17, 15) is 4.57 Å². The van der Waals surface area contributed by atoms with Crippen LogP contribution in [0.4, 0.5) is 0 Å². The standard InChI is InChI=1S/C14H21N2O3P/c1-15(2)10-9-12-11-16(20(17,18-3)19-4)14-8-6-5-7-13(12)14/h5-8,11H,9-10H2,1-4H3. The van der Waals surface area contributed by atoms with E-state index in [-0.39, 0.29) is 0 Å². The summed E-state index contributed by atoms with van der Waals surface area (Å²) in [5.74, 6) is 0. The van der Waals surface area contributed by atoms with E-state index < -0.39 is 7.75 Å². The molecule has 0 saturated heterocycles. The van der Waals surface area contributed by atoms with Crippen molar-refractivity contribution in [3.05, 3.63) is 36.0 Å². The molecule has 0 amide bonds. The van der Waals surface area contributed by atoms with Crippen molar-refractivity contribution < 1.29 is 13.6 Å². The summed E-state index contributed by atoms with van der Waals surface area (Å²) in [6, 6.07) is 7.87. The van der Waals surface area contributed by atoms with Gasteiger partial charge in [-0.3, -0.25) is 13.4 Å². The molecule has 1 aromatic carbocycles. The Kier molecular flexibility index (Phi) is 4.66. The van der Waals surface area contributed by atoms with Crippen LogP contribution in [-0.4, -0.2) is 44.1 Å². The van der Waals surface area contributed by atoms with Gasteiger partial charge >= 0.3 is 7.75 Å². The van der Waals surface area contributed by atoms with Crippen molar-refractivity contribution in [1.29, 1.82) is 0 Å². The van der Waals surface area contributed by atoms with Gasteiger partial charge in [0.05, 0.1) is 5.52 Å². The summed E-state index contributed by atoms with van der Waals surface area (Å²) < 4.78 is 24.5. The molecule has 0 N–H and O–H groups in total. The van der Waals surface area contributed by atoms with Crippen LogP contribution in [0.5, 0.6) is 0 Å². The number of nitrogens with zero attached hydrogens (tertiary/aromatic N) is 2. The first-order valence-electron chi connectivity index (χ1n) is 6.48. The normalized spacial score (nSPS) is 12.4. The molecule has 1 aromatic heterocycles. The zero-order chi connectivity index (χ0) is 14.8. The van der Waals surface area contributed by atoms with Gasteiger partial charge in [0.1, 0.15) is 0 Å². The van der Waals surface area contributed by atoms with Gasteiger partial charge in [0.2, 0.25) is 0 Å². The Balaban J connectivity index is 2.54.